The number of hydrogen-bond donors (Lipinski definition) is 0. The Morgan fingerprint density at radius 1 is 0.816 bits per heavy atom. The zero-order chi connectivity index (χ0) is 34.3. The van der Waals surface area contributed by atoms with Gasteiger partial charge in [-0.25, -0.2) is 4.68 Å². The van der Waals surface area contributed by atoms with Gasteiger partial charge in [0, 0.05) is 29.4 Å². The number of amides is 2. The van der Waals surface area contributed by atoms with Gasteiger partial charge in [-0.3, -0.25) is 14.5 Å². The fraction of sp³-hybridized carbons (Fsp3) is 0.150. The summed E-state index contributed by atoms with van der Waals surface area (Å²) in [6.45, 7) is 2.14. The standard InChI is InChI=1S/C40H34N4O5/c1-27-34(39(45)43(40(46)35(27)24-41)21-20-28-14-19-36(47-2)37(22-28)48-3)23-31-25-44(32-12-8-5-9-13-32)42-38(31)30-15-17-33(18-16-30)49-26-29-10-6-4-7-11-29/h4-19,22-23,25H,20-21,26H2,1-3H3/b34-23+. The molecule has 2 amide bonds. The summed E-state index contributed by atoms with van der Waals surface area (Å²) in [5.41, 5.74) is 5.32. The van der Waals surface area contributed by atoms with E-state index in [1.165, 1.54) is 0 Å². The smallest absolute Gasteiger partial charge is 0.271 e. The maximum absolute atomic E-state index is 14.0. The Hall–Kier alpha value is -6.40. The highest BCUT2D eigenvalue weighted by Crippen LogP contribution is 2.33. The molecule has 9 nitrogen and oxygen atoms in total. The normalized spacial score (nSPS) is 13.8. The Balaban J connectivity index is 1.34. The van der Waals surface area contributed by atoms with Crippen LogP contribution in [0.3, 0.4) is 0 Å². The van der Waals surface area contributed by atoms with Gasteiger partial charge in [-0.05, 0) is 84.7 Å². The molecular formula is C40H34N4O5. The summed E-state index contributed by atoms with van der Waals surface area (Å²) < 4.78 is 18.5. The zero-order valence-electron chi connectivity index (χ0n) is 27.4. The van der Waals surface area contributed by atoms with Crippen LogP contribution in [0.2, 0.25) is 0 Å². The number of methoxy groups -OCH3 is 2. The van der Waals surface area contributed by atoms with Crippen molar-refractivity contribution < 1.29 is 23.8 Å². The quantitative estimate of drug-likeness (QED) is 0.112. The summed E-state index contributed by atoms with van der Waals surface area (Å²) in [7, 11) is 3.10. The topological polar surface area (TPSA) is 107 Å². The predicted octanol–water partition coefficient (Wildman–Crippen LogP) is 6.97. The van der Waals surface area contributed by atoms with E-state index in [0.717, 1.165) is 27.3 Å². The van der Waals surface area contributed by atoms with E-state index in [1.54, 1.807) is 38.0 Å². The molecule has 0 fully saturated rings. The zero-order valence-corrected chi connectivity index (χ0v) is 27.4. The van der Waals surface area contributed by atoms with Crippen molar-refractivity contribution in [2.24, 2.45) is 0 Å². The number of rotatable bonds is 11. The molecule has 244 valence electrons. The van der Waals surface area contributed by atoms with Gasteiger partial charge in [-0.1, -0.05) is 54.6 Å². The highest BCUT2D eigenvalue weighted by Gasteiger charge is 2.35. The highest BCUT2D eigenvalue weighted by molar-refractivity contribution is 6.19. The van der Waals surface area contributed by atoms with Gasteiger partial charge in [-0.15, -0.1) is 0 Å². The van der Waals surface area contributed by atoms with Crippen LogP contribution in [0.4, 0.5) is 0 Å². The number of ether oxygens (including phenoxy) is 3. The minimum atomic E-state index is -0.617. The lowest BCUT2D eigenvalue weighted by atomic mass is 9.93. The molecule has 0 saturated heterocycles. The van der Waals surface area contributed by atoms with Crippen LogP contribution in [0.15, 0.2) is 126 Å². The first kappa shape index (κ1) is 32.5. The Labute approximate surface area is 284 Å². The minimum absolute atomic E-state index is 0.0729. The maximum atomic E-state index is 14.0. The molecule has 1 aliphatic rings. The number of carbonyl (C=O) groups is 2. The van der Waals surface area contributed by atoms with E-state index in [2.05, 4.69) is 0 Å². The van der Waals surface area contributed by atoms with E-state index in [0.29, 0.717) is 47.1 Å². The molecule has 0 radical (unpaired) electrons. The van der Waals surface area contributed by atoms with Crippen LogP contribution in [-0.4, -0.2) is 47.3 Å². The fourth-order valence-corrected chi connectivity index (χ4v) is 5.65. The first-order valence-electron chi connectivity index (χ1n) is 15.7. The average Bonchev–Trinajstić information content (AvgIpc) is 3.57. The molecule has 0 N–H and O–H groups in total. The van der Waals surface area contributed by atoms with Crippen LogP contribution in [0.25, 0.3) is 23.0 Å². The molecule has 0 unspecified atom stereocenters. The Morgan fingerprint density at radius 3 is 2.18 bits per heavy atom. The van der Waals surface area contributed by atoms with Crippen molar-refractivity contribution in [1.29, 1.82) is 5.26 Å². The summed E-state index contributed by atoms with van der Waals surface area (Å²) in [5.74, 6) is 0.731. The third kappa shape index (κ3) is 6.99. The molecule has 2 heterocycles. The summed E-state index contributed by atoms with van der Waals surface area (Å²) in [6, 6.07) is 34.7. The summed E-state index contributed by atoms with van der Waals surface area (Å²) in [4.78, 5) is 28.6. The van der Waals surface area contributed by atoms with Crippen molar-refractivity contribution in [3.05, 3.63) is 143 Å². The van der Waals surface area contributed by atoms with Gasteiger partial charge in [0.15, 0.2) is 11.5 Å². The van der Waals surface area contributed by atoms with Gasteiger partial charge in [0.25, 0.3) is 11.8 Å². The van der Waals surface area contributed by atoms with Crippen molar-refractivity contribution in [2.45, 2.75) is 20.0 Å². The summed E-state index contributed by atoms with van der Waals surface area (Å²) in [6.07, 6.45) is 3.92. The van der Waals surface area contributed by atoms with Crippen LogP contribution in [0.5, 0.6) is 17.2 Å². The molecule has 1 aliphatic heterocycles. The molecule has 0 spiro atoms. The monoisotopic (exact) mass is 650 g/mol. The van der Waals surface area contributed by atoms with Crippen LogP contribution >= 0.6 is 0 Å². The number of nitriles is 1. The molecule has 5 aromatic rings. The molecule has 4 aromatic carbocycles. The lowest BCUT2D eigenvalue weighted by Crippen LogP contribution is -2.43. The van der Waals surface area contributed by atoms with Gasteiger partial charge in [-0.2, -0.15) is 10.4 Å². The molecule has 49 heavy (non-hydrogen) atoms. The number of imide groups is 1. The van der Waals surface area contributed by atoms with E-state index in [-0.39, 0.29) is 17.7 Å². The Bertz CT molecular complexity index is 2090. The SMILES string of the molecule is COc1ccc(CCN2C(=O)C(C#N)=C(C)/C(=C\c3cn(-c4ccccc4)nc3-c3ccc(OCc4ccccc4)cc3)C2=O)cc1OC. The van der Waals surface area contributed by atoms with E-state index < -0.39 is 11.8 Å². The van der Waals surface area contributed by atoms with Crippen molar-refractivity contribution >= 4 is 17.9 Å². The molecule has 0 bridgehead atoms. The first-order valence-corrected chi connectivity index (χ1v) is 15.7. The molecule has 9 heteroatoms. The second-order valence-corrected chi connectivity index (χ2v) is 11.4. The summed E-state index contributed by atoms with van der Waals surface area (Å²) >= 11 is 0. The van der Waals surface area contributed by atoms with Crippen LogP contribution < -0.4 is 14.2 Å². The van der Waals surface area contributed by atoms with E-state index in [9.17, 15) is 14.9 Å². The molecule has 0 aliphatic carbocycles. The van der Waals surface area contributed by atoms with Crippen molar-refractivity contribution in [3.8, 4) is 40.3 Å². The molecule has 1 aromatic heterocycles. The molecular weight excluding hydrogens is 616 g/mol. The lowest BCUT2D eigenvalue weighted by Gasteiger charge is -2.27. The summed E-state index contributed by atoms with van der Waals surface area (Å²) in [5, 5.41) is 14.9. The van der Waals surface area contributed by atoms with Crippen LogP contribution in [0, 0.1) is 11.3 Å². The number of aromatic nitrogens is 2. The fourth-order valence-electron chi connectivity index (χ4n) is 5.65. The number of para-hydroxylation sites is 1. The van der Waals surface area contributed by atoms with Gasteiger partial charge >= 0.3 is 0 Å². The third-order valence-corrected chi connectivity index (χ3v) is 8.34. The molecule has 0 atom stereocenters. The number of carbonyl (C=O) groups excluding carboxylic acids is 2. The van der Waals surface area contributed by atoms with E-state index >= 15 is 0 Å². The minimum Gasteiger partial charge on any atom is -0.493 e. The predicted molar refractivity (Wildman–Crippen MR) is 186 cm³/mol. The van der Waals surface area contributed by atoms with Gasteiger partial charge < -0.3 is 14.2 Å². The average molecular weight is 651 g/mol. The van der Waals surface area contributed by atoms with Gasteiger partial charge in [0.05, 0.1) is 25.6 Å². The number of hydrogen-bond acceptors (Lipinski definition) is 7. The van der Waals surface area contributed by atoms with Crippen molar-refractivity contribution in [2.75, 3.05) is 20.8 Å². The van der Waals surface area contributed by atoms with E-state index in [4.69, 9.17) is 19.3 Å². The maximum Gasteiger partial charge on any atom is 0.271 e. The van der Waals surface area contributed by atoms with Crippen molar-refractivity contribution in [3.63, 3.8) is 0 Å². The van der Waals surface area contributed by atoms with Crippen LogP contribution in [-0.2, 0) is 22.6 Å². The second kappa shape index (κ2) is 14.6. The Kier molecular flexibility index (Phi) is 9.68. The second-order valence-electron chi connectivity index (χ2n) is 11.4. The highest BCUT2D eigenvalue weighted by atomic mass is 16.5. The third-order valence-electron chi connectivity index (χ3n) is 8.34. The van der Waals surface area contributed by atoms with Crippen molar-refractivity contribution in [1.82, 2.24) is 14.7 Å². The lowest BCUT2D eigenvalue weighted by molar-refractivity contribution is -0.140. The first-order chi connectivity index (χ1) is 23.9. The Morgan fingerprint density at radius 2 is 1.51 bits per heavy atom. The van der Waals surface area contributed by atoms with E-state index in [1.807, 2.05) is 109 Å². The van der Waals surface area contributed by atoms with Gasteiger partial charge in [0.1, 0.15) is 24.0 Å². The molecule has 6 rings (SSSR count). The van der Waals surface area contributed by atoms with Gasteiger partial charge in [0.2, 0.25) is 0 Å². The number of nitrogens with zero attached hydrogens (tertiary/aromatic N) is 4. The molecule has 0 saturated carbocycles. The largest absolute Gasteiger partial charge is 0.493 e. The van der Waals surface area contributed by atoms with Crippen LogP contribution in [0.1, 0.15) is 23.6 Å². The number of benzene rings is 4.